The second-order valence-electron chi connectivity index (χ2n) is 7.81. The van der Waals surface area contributed by atoms with Crippen LogP contribution in [0.3, 0.4) is 0 Å². The van der Waals surface area contributed by atoms with Crippen LogP contribution in [-0.2, 0) is 14.3 Å². The molecule has 0 aliphatic rings. The molecule has 0 aromatic heterocycles. The first kappa shape index (κ1) is 26.7. The summed E-state index contributed by atoms with van der Waals surface area (Å²) in [7, 11) is 1.59. The maximum absolute atomic E-state index is 12.1. The zero-order valence-electron chi connectivity index (χ0n) is 19.0. The van der Waals surface area contributed by atoms with E-state index < -0.39 is 12.1 Å². The van der Waals surface area contributed by atoms with Crippen LogP contribution in [0.15, 0.2) is 0 Å². The Balaban J connectivity index is 3.72. The van der Waals surface area contributed by atoms with Gasteiger partial charge in [-0.3, -0.25) is 4.90 Å². The molecular weight excluding hydrogens is 354 g/mol. The number of unbranched alkanes of at least 4 members (excludes halogenated alkanes) is 12. The summed E-state index contributed by atoms with van der Waals surface area (Å²) in [5.74, 6) is -0.359. The molecule has 0 spiro atoms. The topological polar surface area (TPSA) is 55.8 Å². The Morgan fingerprint density at radius 3 is 1.54 bits per heavy atom. The van der Waals surface area contributed by atoms with Crippen molar-refractivity contribution in [1.29, 1.82) is 0 Å². The van der Waals surface area contributed by atoms with E-state index in [0.29, 0.717) is 13.2 Å². The van der Waals surface area contributed by atoms with Crippen LogP contribution in [0.2, 0.25) is 0 Å². The summed E-state index contributed by atoms with van der Waals surface area (Å²) in [5, 5.41) is 0. The van der Waals surface area contributed by atoms with Gasteiger partial charge < -0.3 is 9.47 Å². The first-order chi connectivity index (χ1) is 13.5. The zero-order chi connectivity index (χ0) is 21.0. The van der Waals surface area contributed by atoms with Gasteiger partial charge in [0.1, 0.15) is 6.04 Å². The van der Waals surface area contributed by atoms with Crippen LogP contribution in [0, 0.1) is 0 Å². The highest BCUT2D eigenvalue weighted by Crippen LogP contribution is 2.09. The Bertz CT molecular complexity index is 387. The molecule has 0 saturated carbocycles. The molecule has 0 rings (SSSR count). The van der Waals surface area contributed by atoms with Gasteiger partial charge in [0.25, 0.3) is 0 Å². The average molecular weight is 400 g/mol. The van der Waals surface area contributed by atoms with E-state index in [1.807, 2.05) is 0 Å². The second-order valence-corrected chi connectivity index (χ2v) is 7.81. The number of amides is 1. The van der Waals surface area contributed by atoms with E-state index in [9.17, 15) is 9.59 Å². The van der Waals surface area contributed by atoms with E-state index in [2.05, 4.69) is 13.8 Å². The summed E-state index contributed by atoms with van der Waals surface area (Å²) >= 11 is 0. The van der Waals surface area contributed by atoms with Gasteiger partial charge in [-0.05, 0) is 19.8 Å². The summed E-state index contributed by atoms with van der Waals surface area (Å²) in [4.78, 5) is 25.5. The van der Waals surface area contributed by atoms with Crippen LogP contribution < -0.4 is 0 Å². The lowest BCUT2D eigenvalue weighted by atomic mass is 10.1. The van der Waals surface area contributed by atoms with E-state index in [1.165, 1.54) is 69.1 Å². The molecular formula is C23H45NO4. The molecule has 0 fully saturated rings. The second kappa shape index (κ2) is 19.1. The Morgan fingerprint density at radius 2 is 1.07 bits per heavy atom. The minimum atomic E-state index is -0.619. The molecule has 28 heavy (non-hydrogen) atoms. The third kappa shape index (κ3) is 14.8. The SMILES string of the molecule is CCCCCCCCCCOC(=O)C(C)N(C)C(=O)OCCCCCCCC. The fourth-order valence-corrected chi connectivity index (χ4v) is 2.99. The minimum Gasteiger partial charge on any atom is -0.464 e. The highest BCUT2D eigenvalue weighted by molar-refractivity contribution is 5.80. The van der Waals surface area contributed by atoms with Crippen molar-refractivity contribution in [2.24, 2.45) is 0 Å². The highest BCUT2D eigenvalue weighted by atomic mass is 16.6. The molecule has 0 radical (unpaired) electrons. The van der Waals surface area contributed by atoms with Crippen molar-refractivity contribution in [3.8, 4) is 0 Å². The van der Waals surface area contributed by atoms with Crippen LogP contribution in [-0.4, -0.2) is 43.3 Å². The number of hydrogen-bond donors (Lipinski definition) is 0. The molecule has 1 unspecified atom stereocenters. The average Bonchev–Trinajstić information content (AvgIpc) is 2.70. The number of rotatable bonds is 18. The van der Waals surface area contributed by atoms with Gasteiger partial charge in [0.05, 0.1) is 13.2 Å². The Kier molecular flexibility index (Phi) is 18.2. The number of carbonyl (C=O) groups excluding carboxylic acids is 2. The minimum absolute atomic E-state index is 0.359. The van der Waals surface area contributed by atoms with Gasteiger partial charge in [0.15, 0.2) is 0 Å². The first-order valence-corrected chi connectivity index (χ1v) is 11.6. The normalized spacial score (nSPS) is 11.9. The predicted molar refractivity (Wildman–Crippen MR) is 116 cm³/mol. The van der Waals surface area contributed by atoms with Crippen LogP contribution in [0.5, 0.6) is 0 Å². The molecule has 1 amide bonds. The third-order valence-electron chi connectivity index (χ3n) is 5.18. The lowest BCUT2D eigenvalue weighted by Gasteiger charge is -2.22. The van der Waals surface area contributed by atoms with Crippen molar-refractivity contribution >= 4 is 12.1 Å². The fourth-order valence-electron chi connectivity index (χ4n) is 2.99. The molecule has 0 bridgehead atoms. The Morgan fingerprint density at radius 1 is 0.679 bits per heavy atom. The van der Waals surface area contributed by atoms with E-state index >= 15 is 0 Å². The van der Waals surface area contributed by atoms with Gasteiger partial charge >= 0.3 is 12.1 Å². The van der Waals surface area contributed by atoms with E-state index in [1.54, 1.807) is 14.0 Å². The number of likely N-dealkylation sites (N-methyl/N-ethyl adjacent to an activating group) is 1. The molecule has 1 atom stereocenters. The van der Waals surface area contributed by atoms with Crippen molar-refractivity contribution in [3.05, 3.63) is 0 Å². The zero-order valence-corrected chi connectivity index (χ0v) is 19.0. The summed E-state index contributed by atoms with van der Waals surface area (Å²) < 4.78 is 10.6. The van der Waals surface area contributed by atoms with E-state index in [-0.39, 0.29) is 5.97 Å². The molecule has 0 aromatic rings. The molecule has 5 heteroatoms. The van der Waals surface area contributed by atoms with Crippen molar-refractivity contribution in [2.45, 2.75) is 117 Å². The molecule has 5 nitrogen and oxygen atoms in total. The van der Waals surface area contributed by atoms with Crippen LogP contribution >= 0.6 is 0 Å². The van der Waals surface area contributed by atoms with Crippen molar-refractivity contribution in [1.82, 2.24) is 4.90 Å². The number of esters is 1. The van der Waals surface area contributed by atoms with Gasteiger partial charge in [-0.2, -0.15) is 0 Å². The molecule has 0 heterocycles. The number of carbonyl (C=O) groups is 2. The highest BCUT2D eigenvalue weighted by Gasteiger charge is 2.24. The monoisotopic (exact) mass is 399 g/mol. The quantitative estimate of drug-likeness (QED) is 0.195. The lowest BCUT2D eigenvalue weighted by molar-refractivity contribution is -0.148. The number of ether oxygens (including phenoxy) is 2. The van der Waals surface area contributed by atoms with E-state index in [4.69, 9.17) is 9.47 Å². The van der Waals surface area contributed by atoms with Crippen molar-refractivity contribution in [2.75, 3.05) is 20.3 Å². The third-order valence-corrected chi connectivity index (χ3v) is 5.18. The summed E-state index contributed by atoms with van der Waals surface area (Å²) in [6, 6.07) is -0.619. The van der Waals surface area contributed by atoms with Crippen LogP contribution in [0.1, 0.15) is 111 Å². The van der Waals surface area contributed by atoms with Crippen molar-refractivity contribution in [3.63, 3.8) is 0 Å². The van der Waals surface area contributed by atoms with Crippen LogP contribution in [0.25, 0.3) is 0 Å². The predicted octanol–water partition coefficient (Wildman–Crippen LogP) is 6.49. The number of nitrogens with zero attached hydrogens (tertiary/aromatic N) is 1. The summed E-state index contributed by atoms with van der Waals surface area (Å²) in [5.41, 5.74) is 0. The van der Waals surface area contributed by atoms with Gasteiger partial charge in [-0.1, -0.05) is 90.9 Å². The molecule has 0 aliphatic heterocycles. The fraction of sp³-hybridized carbons (Fsp3) is 0.913. The molecule has 0 aliphatic carbocycles. The summed E-state index contributed by atoms with van der Waals surface area (Å²) in [6.45, 7) is 6.94. The maximum Gasteiger partial charge on any atom is 0.410 e. The molecule has 0 saturated heterocycles. The standard InChI is InChI=1S/C23H45NO4/c1-5-7-9-11-13-14-16-17-19-27-22(25)21(3)24(4)23(26)28-20-18-15-12-10-8-6-2/h21H,5-20H2,1-4H3. The number of hydrogen-bond acceptors (Lipinski definition) is 4. The van der Waals surface area contributed by atoms with E-state index in [0.717, 1.165) is 25.7 Å². The van der Waals surface area contributed by atoms with Crippen LogP contribution in [0.4, 0.5) is 4.79 Å². The van der Waals surface area contributed by atoms with Gasteiger partial charge in [0.2, 0.25) is 0 Å². The molecule has 166 valence electrons. The summed E-state index contributed by atoms with van der Waals surface area (Å²) in [6.07, 6.45) is 16.1. The van der Waals surface area contributed by atoms with Gasteiger partial charge in [-0.15, -0.1) is 0 Å². The van der Waals surface area contributed by atoms with Gasteiger partial charge in [-0.25, -0.2) is 9.59 Å². The van der Waals surface area contributed by atoms with Gasteiger partial charge in [0, 0.05) is 7.05 Å². The molecule has 0 aromatic carbocycles. The smallest absolute Gasteiger partial charge is 0.410 e. The molecule has 0 N–H and O–H groups in total. The Hall–Kier alpha value is -1.26. The maximum atomic E-state index is 12.1. The first-order valence-electron chi connectivity index (χ1n) is 11.6. The largest absolute Gasteiger partial charge is 0.464 e. The Labute approximate surface area is 173 Å². The lowest BCUT2D eigenvalue weighted by Crippen LogP contribution is -2.41. The van der Waals surface area contributed by atoms with Crippen molar-refractivity contribution < 1.29 is 19.1 Å².